The van der Waals surface area contributed by atoms with Gasteiger partial charge in [-0.3, -0.25) is 9.59 Å². The summed E-state index contributed by atoms with van der Waals surface area (Å²) in [6.07, 6.45) is 5.58. The van der Waals surface area contributed by atoms with Gasteiger partial charge < -0.3 is 15.2 Å². The van der Waals surface area contributed by atoms with Crippen molar-refractivity contribution in [3.05, 3.63) is 35.4 Å². The number of aryl methyl sites for hydroxylation is 1. The highest BCUT2D eigenvalue weighted by molar-refractivity contribution is 5.82. The molecule has 0 aromatic heterocycles. The first kappa shape index (κ1) is 19.4. The maximum Gasteiger partial charge on any atom is 0.305 e. The van der Waals surface area contributed by atoms with Crippen LogP contribution in [-0.2, 0) is 14.3 Å². The molecule has 1 aromatic rings. The summed E-state index contributed by atoms with van der Waals surface area (Å²) in [5, 5.41) is 12.1. The summed E-state index contributed by atoms with van der Waals surface area (Å²) >= 11 is 0. The summed E-state index contributed by atoms with van der Waals surface area (Å²) in [6, 6.07) is 7.01. The predicted molar refractivity (Wildman–Crippen MR) is 96.4 cm³/mol. The van der Waals surface area contributed by atoms with Crippen LogP contribution in [0.15, 0.2) is 24.3 Å². The van der Waals surface area contributed by atoms with E-state index in [1.54, 1.807) is 0 Å². The molecule has 0 aliphatic heterocycles. The van der Waals surface area contributed by atoms with Gasteiger partial charge in [0.05, 0.1) is 18.6 Å². The highest BCUT2D eigenvalue weighted by atomic mass is 16.5. The molecule has 138 valence electrons. The minimum Gasteiger partial charge on any atom is -0.481 e. The van der Waals surface area contributed by atoms with E-state index in [9.17, 15) is 14.7 Å². The van der Waals surface area contributed by atoms with Crippen molar-refractivity contribution in [3.8, 4) is 0 Å². The monoisotopic (exact) mass is 347 g/mol. The molecule has 1 amide bonds. The average molecular weight is 347 g/mol. The van der Waals surface area contributed by atoms with Gasteiger partial charge in [0, 0.05) is 0 Å². The molecule has 1 saturated carbocycles. The number of rotatable bonds is 8. The van der Waals surface area contributed by atoms with Crippen LogP contribution in [0.25, 0.3) is 0 Å². The molecular formula is C20H29NO4. The Hall–Kier alpha value is -1.88. The minimum atomic E-state index is -0.935. The van der Waals surface area contributed by atoms with Gasteiger partial charge in [0.15, 0.2) is 0 Å². The Morgan fingerprint density at radius 3 is 2.52 bits per heavy atom. The summed E-state index contributed by atoms with van der Waals surface area (Å²) < 4.78 is 6.01. The van der Waals surface area contributed by atoms with Crippen molar-refractivity contribution in [2.24, 2.45) is 0 Å². The van der Waals surface area contributed by atoms with Crippen LogP contribution in [0.5, 0.6) is 0 Å². The van der Waals surface area contributed by atoms with Gasteiger partial charge in [-0.05, 0) is 37.3 Å². The number of nitrogens with one attached hydrogen (secondary N) is 1. The number of hydrogen-bond donors (Lipinski definition) is 2. The van der Waals surface area contributed by atoms with E-state index in [1.165, 1.54) is 6.42 Å². The fraction of sp³-hybridized carbons (Fsp3) is 0.600. The second-order valence-corrected chi connectivity index (χ2v) is 6.81. The zero-order valence-electron chi connectivity index (χ0n) is 15.2. The SMILES string of the molecule is CCC(OC1CCCCC1)C(=O)NC(CC(=O)O)c1ccccc1C. The zero-order chi connectivity index (χ0) is 18.2. The number of aliphatic carboxylic acids is 1. The lowest BCUT2D eigenvalue weighted by molar-refractivity contribution is -0.141. The second-order valence-electron chi connectivity index (χ2n) is 6.81. The maximum absolute atomic E-state index is 12.7. The fourth-order valence-corrected chi connectivity index (χ4v) is 3.43. The maximum atomic E-state index is 12.7. The quantitative estimate of drug-likeness (QED) is 0.751. The fourth-order valence-electron chi connectivity index (χ4n) is 3.43. The Bertz CT molecular complexity index is 581. The number of carbonyl (C=O) groups excluding carboxylic acids is 1. The zero-order valence-corrected chi connectivity index (χ0v) is 15.2. The summed E-state index contributed by atoms with van der Waals surface area (Å²) in [7, 11) is 0. The van der Waals surface area contributed by atoms with Gasteiger partial charge in [0.1, 0.15) is 6.10 Å². The Labute approximate surface area is 149 Å². The van der Waals surface area contributed by atoms with Crippen molar-refractivity contribution in [1.82, 2.24) is 5.32 Å². The van der Waals surface area contributed by atoms with Gasteiger partial charge in [-0.2, -0.15) is 0 Å². The molecule has 1 aromatic carbocycles. The normalized spacial score (nSPS) is 17.7. The van der Waals surface area contributed by atoms with E-state index in [0.29, 0.717) is 6.42 Å². The highest BCUT2D eigenvalue weighted by Gasteiger charge is 2.27. The number of carbonyl (C=O) groups is 2. The van der Waals surface area contributed by atoms with Crippen LogP contribution in [0.1, 0.15) is 69.0 Å². The highest BCUT2D eigenvalue weighted by Crippen LogP contribution is 2.24. The lowest BCUT2D eigenvalue weighted by Gasteiger charge is -2.28. The van der Waals surface area contributed by atoms with Crippen molar-refractivity contribution >= 4 is 11.9 Å². The number of benzene rings is 1. The molecule has 5 nitrogen and oxygen atoms in total. The van der Waals surface area contributed by atoms with E-state index in [4.69, 9.17) is 4.74 Å². The number of ether oxygens (including phenoxy) is 1. The van der Waals surface area contributed by atoms with Crippen LogP contribution in [0, 0.1) is 6.92 Å². The molecule has 2 unspecified atom stereocenters. The van der Waals surface area contributed by atoms with Gasteiger partial charge in [-0.1, -0.05) is 50.5 Å². The van der Waals surface area contributed by atoms with E-state index in [2.05, 4.69) is 5.32 Å². The Morgan fingerprint density at radius 1 is 1.24 bits per heavy atom. The van der Waals surface area contributed by atoms with E-state index < -0.39 is 18.1 Å². The molecule has 0 radical (unpaired) electrons. The van der Waals surface area contributed by atoms with Crippen LogP contribution >= 0.6 is 0 Å². The molecule has 25 heavy (non-hydrogen) atoms. The first-order chi connectivity index (χ1) is 12.0. The standard InChI is InChI=1S/C20H29NO4/c1-3-18(25-15-10-5-4-6-11-15)20(24)21-17(13-19(22)23)16-12-8-7-9-14(16)2/h7-9,12,15,17-18H,3-6,10-11,13H2,1-2H3,(H,21,24)(H,22,23). The largest absolute Gasteiger partial charge is 0.481 e. The first-order valence-corrected chi connectivity index (χ1v) is 9.24. The molecule has 1 aliphatic rings. The molecular weight excluding hydrogens is 318 g/mol. The summed E-state index contributed by atoms with van der Waals surface area (Å²) in [5.41, 5.74) is 1.81. The Kier molecular flexibility index (Phi) is 7.44. The summed E-state index contributed by atoms with van der Waals surface area (Å²) in [5.74, 6) is -1.16. The number of amides is 1. The number of hydrogen-bond acceptors (Lipinski definition) is 3. The lowest BCUT2D eigenvalue weighted by Crippen LogP contribution is -2.41. The molecule has 0 heterocycles. The van der Waals surface area contributed by atoms with Crippen LogP contribution in [0.4, 0.5) is 0 Å². The minimum absolute atomic E-state index is 0.140. The van der Waals surface area contributed by atoms with Crippen LogP contribution < -0.4 is 5.32 Å². The Morgan fingerprint density at radius 2 is 1.92 bits per heavy atom. The average Bonchev–Trinajstić information content (AvgIpc) is 2.60. The summed E-state index contributed by atoms with van der Waals surface area (Å²) in [4.78, 5) is 23.9. The number of carboxylic acids is 1. The van der Waals surface area contributed by atoms with E-state index in [-0.39, 0.29) is 18.4 Å². The third-order valence-corrected chi connectivity index (χ3v) is 4.83. The van der Waals surface area contributed by atoms with E-state index in [0.717, 1.165) is 36.8 Å². The van der Waals surface area contributed by atoms with E-state index in [1.807, 2.05) is 38.1 Å². The Balaban J connectivity index is 2.06. The van der Waals surface area contributed by atoms with E-state index >= 15 is 0 Å². The van der Waals surface area contributed by atoms with Crippen molar-refractivity contribution < 1.29 is 19.4 Å². The van der Waals surface area contributed by atoms with Gasteiger partial charge >= 0.3 is 5.97 Å². The van der Waals surface area contributed by atoms with Crippen LogP contribution in [0.3, 0.4) is 0 Å². The molecule has 2 rings (SSSR count). The van der Waals surface area contributed by atoms with Gasteiger partial charge in [-0.15, -0.1) is 0 Å². The van der Waals surface area contributed by atoms with Crippen molar-refractivity contribution in [3.63, 3.8) is 0 Å². The smallest absolute Gasteiger partial charge is 0.305 e. The molecule has 2 atom stereocenters. The van der Waals surface area contributed by atoms with Crippen LogP contribution in [-0.4, -0.2) is 29.2 Å². The first-order valence-electron chi connectivity index (χ1n) is 9.24. The van der Waals surface area contributed by atoms with Crippen LogP contribution in [0.2, 0.25) is 0 Å². The van der Waals surface area contributed by atoms with Gasteiger partial charge in [-0.25, -0.2) is 0 Å². The molecule has 0 bridgehead atoms. The lowest BCUT2D eigenvalue weighted by atomic mass is 9.97. The molecule has 0 saturated heterocycles. The van der Waals surface area contributed by atoms with Crippen molar-refractivity contribution in [2.45, 2.75) is 77.0 Å². The predicted octanol–water partition coefficient (Wildman–Crippen LogP) is 3.75. The summed E-state index contributed by atoms with van der Waals surface area (Å²) in [6.45, 7) is 3.85. The topological polar surface area (TPSA) is 75.6 Å². The van der Waals surface area contributed by atoms with Gasteiger partial charge in [0.25, 0.3) is 0 Å². The third kappa shape index (κ3) is 5.85. The molecule has 0 spiro atoms. The van der Waals surface area contributed by atoms with Crippen molar-refractivity contribution in [2.75, 3.05) is 0 Å². The molecule has 1 aliphatic carbocycles. The molecule has 2 N–H and O–H groups in total. The van der Waals surface area contributed by atoms with Gasteiger partial charge in [0.2, 0.25) is 5.91 Å². The second kappa shape index (κ2) is 9.56. The molecule has 1 fully saturated rings. The van der Waals surface area contributed by atoms with Crippen molar-refractivity contribution in [1.29, 1.82) is 0 Å². The molecule has 5 heteroatoms. The number of carboxylic acid groups (broad SMARTS) is 1. The third-order valence-electron chi connectivity index (χ3n) is 4.83.